The van der Waals surface area contributed by atoms with Crippen molar-refractivity contribution in [3.8, 4) is 0 Å². The summed E-state index contributed by atoms with van der Waals surface area (Å²) in [4.78, 5) is 15.4. The lowest BCUT2D eigenvalue weighted by Gasteiger charge is -2.32. The van der Waals surface area contributed by atoms with E-state index < -0.39 is 5.82 Å². The number of likely N-dealkylation sites (tertiary alicyclic amines) is 1. The molecule has 29 heavy (non-hydrogen) atoms. The molecule has 1 saturated heterocycles. The van der Waals surface area contributed by atoms with Gasteiger partial charge in [-0.1, -0.05) is 17.4 Å². The lowest BCUT2D eigenvalue weighted by molar-refractivity contribution is 0.102. The second kappa shape index (κ2) is 7.74. The van der Waals surface area contributed by atoms with Crippen LogP contribution in [-0.4, -0.2) is 52.2 Å². The summed E-state index contributed by atoms with van der Waals surface area (Å²) < 4.78 is 13.9. The Balaban J connectivity index is 1.23. The quantitative estimate of drug-likeness (QED) is 0.758. The summed E-state index contributed by atoms with van der Waals surface area (Å²) in [5.41, 5.74) is 1.31. The molecule has 1 aliphatic heterocycles. The van der Waals surface area contributed by atoms with E-state index in [2.05, 4.69) is 25.7 Å². The average Bonchev–Trinajstić information content (AvgIpc) is 3.63. The van der Waals surface area contributed by atoms with Crippen molar-refractivity contribution in [3.05, 3.63) is 40.2 Å². The molecule has 0 bridgehead atoms. The lowest BCUT2D eigenvalue weighted by atomic mass is 10.0. The van der Waals surface area contributed by atoms with Gasteiger partial charge in [0.25, 0.3) is 5.91 Å². The number of piperidine rings is 1. The summed E-state index contributed by atoms with van der Waals surface area (Å²) in [5.74, 6) is -0.460. The van der Waals surface area contributed by atoms with Gasteiger partial charge in [-0.05, 0) is 69.8 Å². The third-order valence-corrected chi connectivity index (χ3v) is 6.99. The number of nitrogens with one attached hydrogen (secondary N) is 2. The van der Waals surface area contributed by atoms with Gasteiger partial charge in [-0.15, -0.1) is 10.2 Å². The summed E-state index contributed by atoms with van der Waals surface area (Å²) in [6, 6.07) is 6.31. The van der Waals surface area contributed by atoms with Crippen molar-refractivity contribution in [1.29, 1.82) is 0 Å². The number of nitrogens with zero attached hydrogens (tertiary/aromatic N) is 3. The van der Waals surface area contributed by atoms with Crippen LogP contribution in [0.5, 0.6) is 0 Å². The first-order chi connectivity index (χ1) is 14.1. The van der Waals surface area contributed by atoms with Crippen LogP contribution in [0, 0.1) is 12.7 Å². The number of aromatic nitrogens is 2. The molecule has 2 saturated carbocycles. The van der Waals surface area contributed by atoms with E-state index >= 15 is 0 Å². The fourth-order valence-corrected chi connectivity index (χ4v) is 5.04. The highest BCUT2D eigenvalue weighted by atomic mass is 32.1. The van der Waals surface area contributed by atoms with Gasteiger partial charge in [0.2, 0.25) is 5.13 Å². The summed E-state index contributed by atoms with van der Waals surface area (Å²) in [7, 11) is 0. The van der Waals surface area contributed by atoms with Crippen molar-refractivity contribution < 1.29 is 9.18 Å². The van der Waals surface area contributed by atoms with Crippen molar-refractivity contribution in [2.75, 3.05) is 18.4 Å². The largest absolute Gasteiger partial charge is 0.311 e. The van der Waals surface area contributed by atoms with E-state index in [1.807, 2.05) is 6.92 Å². The van der Waals surface area contributed by atoms with E-state index in [9.17, 15) is 9.18 Å². The highest BCUT2D eigenvalue weighted by Crippen LogP contribution is 2.43. The lowest BCUT2D eigenvalue weighted by Crippen LogP contribution is -2.44. The molecule has 3 aliphatic rings. The molecule has 1 aromatic heterocycles. The molecule has 8 heteroatoms. The average molecular weight is 416 g/mol. The highest BCUT2D eigenvalue weighted by Gasteiger charge is 2.42. The molecule has 2 heterocycles. The zero-order valence-electron chi connectivity index (χ0n) is 16.5. The minimum absolute atomic E-state index is 0.258. The maximum atomic E-state index is 13.9. The minimum atomic E-state index is -0.398. The number of rotatable bonds is 6. The Kier molecular flexibility index (Phi) is 5.09. The molecule has 3 fully saturated rings. The summed E-state index contributed by atoms with van der Waals surface area (Å²) in [6.07, 6.45) is 6.11. The van der Waals surface area contributed by atoms with Crippen molar-refractivity contribution in [1.82, 2.24) is 20.4 Å². The van der Waals surface area contributed by atoms with Crippen molar-refractivity contribution in [3.63, 3.8) is 0 Å². The van der Waals surface area contributed by atoms with Crippen LogP contribution in [-0.2, 0) is 0 Å². The summed E-state index contributed by atoms with van der Waals surface area (Å²) >= 11 is 1.31. The van der Waals surface area contributed by atoms with Crippen molar-refractivity contribution >= 4 is 22.4 Å². The number of anilines is 1. The SMILES string of the molecule is Cc1nnc(NC(=O)c2cc(F)ccc2C2CC2NC2CCN(C3CC3)CC2)s1. The number of amides is 1. The second-order valence-corrected chi connectivity index (χ2v) is 9.65. The summed E-state index contributed by atoms with van der Waals surface area (Å²) in [5, 5.41) is 15.6. The number of halogens is 1. The molecule has 0 radical (unpaired) electrons. The number of carbonyl (C=O) groups excluding carboxylic acids is 1. The zero-order chi connectivity index (χ0) is 20.0. The molecule has 0 spiro atoms. The van der Waals surface area contributed by atoms with E-state index in [-0.39, 0.29) is 11.8 Å². The Labute approximate surface area is 173 Å². The molecule has 5 rings (SSSR count). The van der Waals surface area contributed by atoms with E-state index in [0.717, 1.165) is 23.0 Å². The van der Waals surface area contributed by atoms with E-state index in [1.165, 1.54) is 62.2 Å². The van der Waals surface area contributed by atoms with E-state index in [4.69, 9.17) is 0 Å². The minimum Gasteiger partial charge on any atom is -0.311 e. The van der Waals surface area contributed by atoms with E-state index in [1.54, 1.807) is 6.07 Å². The maximum Gasteiger partial charge on any atom is 0.257 e. The highest BCUT2D eigenvalue weighted by molar-refractivity contribution is 7.15. The van der Waals surface area contributed by atoms with Crippen LogP contribution in [0.2, 0.25) is 0 Å². The van der Waals surface area contributed by atoms with Crippen LogP contribution in [0.15, 0.2) is 18.2 Å². The van der Waals surface area contributed by atoms with Crippen molar-refractivity contribution in [2.24, 2.45) is 0 Å². The predicted molar refractivity (Wildman–Crippen MR) is 111 cm³/mol. The van der Waals surface area contributed by atoms with Gasteiger partial charge in [-0.2, -0.15) is 0 Å². The third kappa shape index (κ3) is 4.34. The summed E-state index contributed by atoms with van der Waals surface area (Å²) in [6.45, 7) is 4.20. The molecule has 1 amide bonds. The molecule has 6 nitrogen and oxygen atoms in total. The molecular weight excluding hydrogens is 389 g/mol. The monoisotopic (exact) mass is 415 g/mol. The molecule has 2 N–H and O–H groups in total. The standard InChI is InChI=1S/C21H26FN5OS/c1-12-25-26-21(29-12)24-20(28)18-10-13(22)2-5-16(18)17-11-19(17)23-14-6-8-27(9-7-14)15-3-4-15/h2,5,10,14-15,17,19,23H,3-4,6-9,11H2,1H3,(H,24,26,28). The fourth-order valence-electron chi connectivity index (χ4n) is 4.46. The number of aryl methyl sites for hydroxylation is 1. The Morgan fingerprint density at radius 3 is 2.69 bits per heavy atom. The second-order valence-electron chi connectivity index (χ2n) is 8.47. The smallest absolute Gasteiger partial charge is 0.257 e. The van der Waals surface area contributed by atoms with Gasteiger partial charge in [-0.25, -0.2) is 4.39 Å². The Morgan fingerprint density at radius 2 is 2.00 bits per heavy atom. The molecular formula is C21H26FN5OS. The van der Waals surface area contributed by atoms with Gasteiger partial charge in [-0.3, -0.25) is 10.1 Å². The molecule has 2 unspecified atom stereocenters. The molecule has 2 aromatic rings. The first-order valence-electron chi connectivity index (χ1n) is 10.5. The molecule has 1 aromatic carbocycles. The number of hydrogen-bond donors (Lipinski definition) is 2. The van der Waals surface area contributed by atoms with Crippen LogP contribution in [0.25, 0.3) is 0 Å². The van der Waals surface area contributed by atoms with Gasteiger partial charge in [0, 0.05) is 29.6 Å². The molecule has 2 aliphatic carbocycles. The van der Waals surface area contributed by atoms with E-state index in [0.29, 0.717) is 22.8 Å². The van der Waals surface area contributed by atoms with Crippen molar-refractivity contribution in [2.45, 2.75) is 63.1 Å². The van der Waals surface area contributed by atoms with Gasteiger partial charge < -0.3 is 10.2 Å². The van der Waals surface area contributed by atoms with Crippen LogP contribution >= 0.6 is 11.3 Å². The predicted octanol–water partition coefficient (Wildman–Crippen LogP) is 3.31. The maximum absolute atomic E-state index is 13.9. The Morgan fingerprint density at radius 1 is 1.21 bits per heavy atom. The molecule has 154 valence electrons. The normalized spacial score (nSPS) is 25.2. The zero-order valence-corrected chi connectivity index (χ0v) is 17.3. The van der Waals surface area contributed by atoms with Crippen LogP contribution in [0.4, 0.5) is 9.52 Å². The van der Waals surface area contributed by atoms with Crippen LogP contribution < -0.4 is 10.6 Å². The topological polar surface area (TPSA) is 70.1 Å². The van der Waals surface area contributed by atoms with Gasteiger partial charge in [0.1, 0.15) is 10.8 Å². The first-order valence-corrected chi connectivity index (χ1v) is 11.3. The fraction of sp³-hybridized carbons (Fsp3) is 0.571. The Hall–Kier alpha value is -1.90. The Bertz CT molecular complexity index is 906. The first kappa shape index (κ1) is 19.1. The number of benzene rings is 1. The van der Waals surface area contributed by atoms with Gasteiger partial charge >= 0.3 is 0 Å². The van der Waals surface area contributed by atoms with Crippen LogP contribution in [0.1, 0.15) is 59.0 Å². The third-order valence-electron chi connectivity index (χ3n) is 6.24. The molecule has 2 atom stereocenters. The number of carbonyl (C=O) groups is 1. The van der Waals surface area contributed by atoms with Gasteiger partial charge in [0.05, 0.1) is 0 Å². The van der Waals surface area contributed by atoms with Crippen LogP contribution in [0.3, 0.4) is 0 Å². The van der Waals surface area contributed by atoms with Gasteiger partial charge in [0.15, 0.2) is 0 Å². The number of hydrogen-bond acceptors (Lipinski definition) is 6.